The number of thioether (sulfide) groups is 1. The van der Waals surface area contributed by atoms with E-state index in [0.717, 1.165) is 48.5 Å². The minimum Gasteiger partial charge on any atom is -0.481 e. The molecule has 116 valence electrons. The van der Waals surface area contributed by atoms with Gasteiger partial charge < -0.3 is 10.4 Å². The van der Waals surface area contributed by atoms with E-state index in [9.17, 15) is 9.59 Å². The molecular formula is C15H21NO3S2. The number of aryl methyl sites for hydroxylation is 1. The Kier molecular flexibility index (Phi) is 6.57. The summed E-state index contributed by atoms with van der Waals surface area (Å²) in [5, 5.41) is 11.5. The first kappa shape index (κ1) is 16.4. The van der Waals surface area contributed by atoms with Crippen LogP contribution in [0.3, 0.4) is 0 Å². The maximum absolute atomic E-state index is 12.1. The topological polar surface area (TPSA) is 66.4 Å². The van der Waals surface area contributed by atoms with Gasteiger partial charge in [0, 0.05) is 23.6 Å². The molecule has 0 aliphatic carbocycles. The lowest BCUT2D eigenvalue weighted by Crippen LogP contribution is -2.23. The van der Waals surface area contributed by atoms with Crippen molar-refractivity contribution in [1.82, 2.24) is 5.32 Å². The van der Waals surface area contributed by atoms with Gasteiger partial charge in [-0.25, -0.2) is 0 Å². The molecule has 0 spiro atoms. The first-order chi connectivity index (χ1) is 10.2. The summed E-state index contributed by atoms with van der Waals surface area (Å²) in [7, 11) is 0. The van der Waals surface area contributed by atoms with E-state index in [1.807, 2.05) is 17.8 Å². The molecule has 2 N–H and O–H groups in total. The lowest BCUT2D eigenvalue weighted by molar-refractivity contribution is -0.137. The third kappa shape index (κ3) is 5.36. The standard InChI is InChI=1S/C15H21NO3S2/c17-14(18)5-3-1-2-4-7-16-15(19)13-9-11-10-20-8-6-12(11)21-13/h9H,1-8,10H2,(H,16,19)(H,17,18). The summed E-state index contributed by atoms with van der Waals surface area (Å²) in [4.78, 5) is 24.6. The Morgan fingerprint density at radius 1 is 1.24 bits per heavy atom. The molecule has 0 bridgehead atoms. The molecule has 0 aromatic carbocycles. The maximum Gasteiger partial charge on any atom is 0.303 e. The van der Waals surface area contributed by atoms with Gasteiger partial charge in [0.15, 0.2) is 0 Å². The third-order valence-electron chi connectivity index (χ3n) is 3.45. The second kappa shape index (κ2) is 8.44. The van der Waals surface area contributed by atoms with Crippen LogP contribution in [-0.4, -0.2) is 29.3 Å². The van der Waals surface area contributed by atoms with Gasteiger partial charge in [0.25, 0.3) is 5.91 Å². The van der Waals surface area contributed by atoms with Crippen LogP contribution in [0, 0.1) is 0 Å². The molecule has 2 rings (SSSR count). The number of hydrogen-bond acceptors (Lipinski definition) is 4. The van der Waals surface area contributed by atoms with Gasteiger partial charge in [0.1, 0.15) is 0 Å². The van der Waals surface area contributed by atoms with Crippen molar-refractivity contribution in [2.45, 2.75) is 44.3 Å². The normalized spacial score (nSPS) is 13.7. The second-order valence-corrected chi connectivity index (χ2v) is 7.42. The number of rotatable bonds is 8. The molecule has 21 heavy (non-hydrogen) atoms. The highest BCUT2D eigenvalue weighted by molar-refractivity contribution is 7.98. The number of carbonyl (C=O) groups excluding carboxylic acids is 1. The summed E-state index contributed by atoms with van der Waals surface area (Å²) in [5.41, 5.74) is 1.33. The largest absolute Gasteiger partial charge is 0.481 e. The molecule has 4 nitrogen and oxygen atoms in total. The Hall–Kier alpha value is -1.01. The molecule has 0 fully saturated rings. The molecule has 0 unspecified atom stereocenters. The Morgan fingerprint density at radius 2 is 2.05 bits per heavy atom. The smallest absolute Gasteiger partial charge is 0.303 e. The third-order valence-corrected chi connectivity index (χ3v) is 5.70. The molecular weight excluding hydrogens is 306 g/mol. The molecule has 0 atom stereocenters. The first-order valence-electron chi connectivity index (χ1n) is 7.36. The average molecular weight is 327 g/mol. The molecule has 1 aromatic heterocycles. The molecule has 1 amide bonds. The van der Waals surface area contributed by atoms with Crippen molar-refractivity contribution in [2.75, 3.05) is 12.3 Å². The summed E-state index contributed by atoms with van der Waals surface area (Å²) >= 11 is 3.55. The molecule has 6 heteroatoms. The van der Waals surface area contributed by atoms with Gasteiger partial charge in [-0.3, -0.25) is 9.59 Å². The van der Waals surface area contributed by atoms with E-state index in [2.05, 4.69) is 5.32 Å². The van der Waals surface area contributed by atoms with Crippen LogP contribution in [0.15, 0.2) is 6.07 Å². The number of fused-ring (bicyclic) bond motifs is 1. The van der Waals surface area contributed by atoms with Crippen LogP contribution in [0.1, 0.15) is 52.2 Å². The zero-order valence-electron chi connectivity index (χ0n) is 12.0. The lowest BCUT2D eigenvalue weighted by Gasteiger charge is -2.08. The quantitative estimate of drug-likeness (QED) is 0.719. The lowest BCUT2D eigenvalue weighted by atomic mass is 10.1. The van der Waals surface area contributed by atoms with E-state index in [1.165, 1.54) is 10.4 Å². The summed E-state index contributed by atoms with van der Waals surface area (Å²) < 4.78 is 0. The SMILES string of the molecule is O=C(O)CCCCCCNC(=O)c1cc2c(s1)CCSC2. The highest BCUT2D eigenvalue weighted by Crippen LogP contribution is 2.31. The van der Waals surface area contributed by atoms with Crippen LogP contribution >= 0.6 is 23.1 Å². The predicted octanol–water partition coefficient (Wildman–Crippen LogP) is 3.30. The number of amides is 1. The molecule has 1 aromatic rings. The molecule has 1 aliphatic rings. The van der Waals surface area contributed by atoms with E-state index >= 15 is 0 Å². The van der Waals surface area contributed by atoms with Gasteiger partial charge >= 0.3 is 5.97 Å². The van der Waals surface area contributed by atoms with E-state index < -0.39 is 5.97 Å². The van der Waals surface area contributed by atoms with Crippen molar-refractivity contribution in [3.05, 3.63) is 21.4 Å². The van der Waals surface area contributed by atoms with Crippen LogP contribution in [0.4, 0.5) is 0 Å². The second-order valence-electron chi connectivity index (χ2n) is 5.18. The number of carboxylic acids is 1. The molecule has 0 saturated heterocycles. The number of nitrogens with one attached hydrogen (secondary N) is 1. The van der Waals surface area contributed by atoms with Gasteiger partial charge in [-0.1, -0.05) is 12.8 Å². The number of aliphatic carboxylic acids is 1. The van der Waals surface area contributed by atoms with Gasteiger partial charge in [-0.2, -0.15) is 11.8 Å². The highest BCUT2D eigenvalue weighted by Gasteiger charge is 2.17. The number of unbranched alkanes of at least 4 members (excludes halogenated alkanes) is 3. The minimum absolute atomic E-state index is 0.0323. The fourth-order valence-electron chi connectivity index (χ4n) is 2.30. The van der Waals surface area contributed by atoms with Crippen LogP contribution in [0.2, 0.25) is 0 Å². The number of carboxylic acid groups (broad SMARTS) is 1. The van der Waals surface area contributed by atoms with Crippen molar-refractivity contribution in [3.63, 3.8) is 0 Å². The summed E-state index contributed by atoms with van der Waals surface area (Å²) in [6.45, 7) is 0.670. The molecule has 2 heterocycles. The summed E-state index contributed by atoms with van der Waals surface area (Å²) in [6, 6.07) is 2.04. The van der Waals surface area contributed by atoms with E-state index in [-0.39, 0.29) is 12.3 Å². The zero-order valence-corrected chi connectivity index (χ0v) is 13.7. The minimum atomic E-state index is -0.733. The van der Waals surface area contributed by atoms with Crippen molar-refractivity contribution in [2.24, 2.45) is 0 Å². The first-order valence-corrected chi connectivity index (χ1v) is 9.33. The van der Waals surface area contributed by atoms with Crippen molar-refractivity contribution in [3.8, 4) is 0 Å². The van der Waals surface area contributed by atoms with Gasteiger partial charge in [0.2, 0.25) is 0 Å². The molecule has 0 radical (unpaired) electrons. The van der Waals surface area contributed by atoms with Gasteiger partial charge in [-0.15, -0.1) is 11.3 Å². The zero-order chi connectivity index (χ0) is 15.1. The summed E-state index contributed by atoms with van der Waals surface area (Å²) in [5.74, 6) is 1.49. The fraction of sp³-hybridized carbons (Fsp3) is 0.600. The molecule has 0 saturated carbocycles. The monoisotopic (exact) mass is 327 g/mol. The van der Waals surface area contributed by atoms with Crippen LogP contribution in [0.5, 0.6) is 0 Å². The van der Waals surface area contributed by atoms with Crippen LogP contribution in [0.25, 0.3) is 0 Å². The molecule has 1 aliphatic heterocycles. The van der Waals surface area contributed by atoms with Gasteiger partial charge in [0.05, 0.1) is 4.88 Å². The van der Waals surface area contributed by atoms with E-state index in [0.29, 0.717) is 6.54 Å². The van der Waals surface area contributed by atoms with Gasteiger partial charge in [-0.05, 0) is 36.6 Å². The Labute approximate surface area is 133 Å². The van der Waals surface area contributed by atoms with Crippen LogP contribution < -0.4 is 5.32 Å². The Bertz CT molecular complexity index is 476. The Morgan fingerprint density at radius 3 is 2.81 bits per heavy atom. The fourth-order valence-corrected chi connectivity index (χ4v) is 4.59. The van der Waals surface area contributed by atoms with Crippen molar-refractivity contribution in [1.29, 1.82) is 0 Å². The number of thiophene rings is 1. The Balaban J connectivity index is 1.63. The number of carbonyl (C=O) groups is 2. The number of hydrogen-bond donors (Lipinski definition) is 2. The van der Waals surface area contributed by atoms with E-state index in [4.69, 9.17) is 5.11 Å². The highest BCUT2D eigenvalue weighted by atomic mass is 32.2. The summed E-state index contributed by atoms with van der Waals surface area (Å²) in [6.07, 6.45) is 4.83. The maximum atomic E-state index is 12.1. The van der Waals surface area contributed by atoms with Crippen molar-refractivity contribution < 1.29 is 14.7 Å². The predicted molar refractivity (Wildman–Crippen MR) is 87.2 cm³/mol. The average Bonchev–Trinajstić information content (AvgIpc) is 2.89. The van der Waals surface area contributed by atoms with E-state index in [1.54, 1.807) is 11.3 Å². The van der Waals surface area contributed by atoms with Crippen LogP contribution in [-0.2, 0) is 17.0 Å². The van der Waals surface area contributed by atoms with Crippen molar-refractivity contribution >= 4 is 35.0 Å².